The van der Waals surface area contributed by atoms with Crippen LogP contribution in [0.15, 0.2) is 67.1 Å². The number of carbonyl (C=O) groups is 1. The van der Waals surface area contributed by atoms with E-state index in [-0.39, 0.29) is 5.91 Å². The first-order valence-corrected chi connectivity index (χ1v) is 10.2. The van der Waals surface area contributed by atoms with Crippen molar-refractivity contribution in [2.45, 2.75) is 32.4 Å². The first kappa shape index (κ1) is 18.4. The van der Waals surface area contributed by atoms with E-state index in [1.54, 1.807) is 6.20 Å². The Kier molecular flexibility index (Phi) is 4.67. The highest BCUT2D eigenvalue weighted by Gasteiger charge is 2.23. The normalized spacial score (nSPS) is 13.4. The van der Waals surface area contributed by atoms with Crippen molar-refractivity contribution >= 4 is 17.4 Å². The number of hydrogen-bond acceptors (Lipinski definition) is 4. The molecule has 0 radical (unpaired) electrons. The second-order valence-electron chi connectivity index (χ2n) is 7.78. The van der Waals surface area contributed by atoms with Gasteiger partial charge in [-0.1, -0.05) is 42.0 Å². The quantitative estimate of drug-likeness (QED) is 0.511. The number of aryl methyl sites for hydroxylation is 1. The molecule has 0 aliphatic heterocycles. The lowest BCUT2D eigenvalue weighted by molar-refractivity contribution is 0.0951. The summed E-state index contributed by atoms with van der Waals surface area (Å²) in [5.74, 6) is 0.735. The highest BCUT2D eigenvalue weighted by molar-refractivity contribution is 5.95. The van der Waals surface area contributed by atoms with Gasteiger partial charge in [0.15, 0.2) is 11.5 Å². The van der Waals surface area contributed by atoms with Gasteiger partial charge in [0.1, 0.15) is 0 Å². The van der Waals surface area contributed by atoms with Crippen LogP contribution in [-0.4, -0.2) is 26.3 Å². The summed E-state index contributed by atoms with van der Waals surface area (Å²) in [6, 6.07) is 16.4. The number of rotatable bonds is 6. The van der Waals surface area contributed by atoms with Crippen molar-refractivity contribution in [3.8, 4) is 11.3 Å². The van der Waals surface area contributed by atoms with Crippen LogP contribution < -0.4 is 10.6 Å². The molecule has 0 spiro atoms. The standard InChI is InChI=1S/C24H23N5O/c1-16-2-4-17(5-3-16)14-26-22-23-27-15-21(29(23)13-12-25-22)18-6-8-19(9-7-18)24(30)28-20-10-11-20/h2-9,12-13,15,20H,10-11,14H2,1H3,(H,25,26)(H,28,30). The number of amides is 1. The van der Waals surface area contributed by atoms with Crippen molar-refractivity contribution in [3.05, 3.63) is 83.8 Å². The summed E-state index contributed by atoms with van der Waals surface area (Å²) < 4.78 is 2.02. The van der Waals surface area contributed by atoms with Crippen LogP contribution >= 0.6 is 0 Å². The Morgan fingerprint density at radius 2 is 1.83 bits per heavy atom. The lowest BCUT2D eigenvalue weighted by atomic mass is 10.1. The van der Waals surface area contributed by atoms with E-state index < -0.39 is 0 Å². The monoisotopic (exact) mass is 397 g/mol. The Hall–Kier alpha value is -3.67. The minimum absolute atomic E-state index is 0.00557. The molecule has 2 heterocycles. The molecule has 0 saturated heterocycles. The minimum Gasteiger partial charge on any atom is -0.363 e. The van der Waals surface area contributed by atoms with E-state index in [2.05, 4.69) is 51.8 Å². The van der Waals surface area contributed by atoms with Crippen molar-refractivity contribution < 1.29 is 4.79 Å². The Balaban J connectivity index is 1.37. The van der Waals surface area contributed by atoms with Gasteiger partial charge in [0.2, 0.25) is 0 Å². The van der Waals surface area contributed by atoms with Gasteiger partial charge < -0.3 is 10.6 Å². The zero-order valence-electron chi connectivity index (χ0n) is 16.8. The lowest BCUT2D eigenvalue weighted by Gasteiger charge is -2.09. The molecule has 6 heteroatoms. The Morgan fingerprint density at radius 3 is 2.57 bits per heavy atom. The van der Waals surface area contributed by atoms with E-state index in [4.69, 9.17) is 0 Å². The van der Waals surface area contributed by atoms with Gasteiger partial charge in [0, 0.05) is 36.1 Å². The maximum Gasteiger partial charge on any atom is 0.251 e. The predicted molar refractivity (Wildman–Crippen MR) is 117 cm³/mol. The van der Waals surface area contributed by atoms with Gasteiger partial charge in [-0.2, -0.15) is 0 Å². The molecule has 1 amide bonds. The molecule has 1 saturated carbocycles. The molecule has 150 valence electrons. The molecule has 1 aliphatic carbocycles. The number of anilines is 1. The Morgan fingerprint density at radius 1 is 1.07 bits per heavy atom. The van der Waals surface area contributed by atoms with Crippen molar-refractivity contribution in [1.82, 2.24) is 19.7 Å². The number of hydrogen-bond donors (Lipinski definition) is 2. The number of imidazole rings is 1. The molecule has 1 aliphatic rings. The largest absolute Gasteiger partial charge is 0.363 e. The zero-order chi connectivity index (χ0) is 20.5. The Labute approximate surface area is 175 Å². The van der Waals surface area contributed by atoms with Gasteiger partial charge in [0.25, 0.3) is 5.91 Å². The zero-order valence-corrected chi connectivity index (χ0v) is 16.8. The fourth-order valence-electron chi connectivity index (χ4n) is 3.44. The molecule has 30 heavy (non-hydrogen) atoms. The number of nitrogens with one attached hydrogen (secondary N) is 2. The van der Waals surface area contributed by atoms with Crippen LogP contribution in [0.1, 0.15) is 34.3 Å². The summed E-state index contributed by atoms with van der Waals surface area (Å²) in [6.07, 6.45) is 7.68. The predicted octanol–water partition coefficient (Wildman–Crippen LogP) is 4.21. The molecule has 0 unspecified atom stereocenters. The molecule has 2 aromatic heterocycles. The molecule has 0 atom stereocenters. The molecule has 1 fully saturated rings. The first-order valence-electron chi connectivity index (χ1n) is 10.2. The summed E-state index contributed by atoms with van der Waals surface area (Å²) >= 11 is 0. The van der Waals surface area contributed by atoms with Crippen molar-refractivity contribution in [2.75, 3.05) is 5.32 Å². The third kappa shape index (κ3) is 3.76. The third-order valence-electron chi connectivity index (χ3n) is 5.36. The van der Waals surface area contributed by atoms with Crippen LogP contribution in [0.2, 0.25) is 0 Å². The van der Waals surface area contributed by atoms with Gasteiger partial charge in [-0.3, -0.25) is 9.20 Å². The smallest absolute Gasteiger partial charge is 0.251 e. The van der Waals surface area contributed by atoms with Crippen LogP contribution in [0.5, 0.6) is 0 Å². The van der Waals surface area contributed by atoms with Gasteiger partial charge in [0.05, 0.1) is 11.9 Å². The fraction of sp³-hybridized carbons (Fsp3) is 0.208. The molecule has 2 aromatic carbocycles. The van der Waals surface area contributed by atoms with Crippen LogP contribution in [0, 0.1) is 6.92 Å². The highest BCUT2D eigenvalue weighted by atomic mass is 16.1. The number of fused-ring (bicyclic) bond motifs is 1. The minimum atomic E-state index is -0.00557. The summed E-state index contributed by atoms with van der Waals surface area (Å²) in [4.78, 5) is 21.3. The van der Waals surface area contributed by atoms with E-state index in [1.165, 1.54) is 11.1 Å². The average molecular weight is 397 g/mol. The molecular formula is C24H23N5O. The van der Waals surface area contributed by atoms with Crippen molar-refractivity contribution in [1.29, 1.82) is 0 Å². The van der Waals surface area contributed by atoms with E-state index >= 15 is 0 Å². The van der Waals surface area contributed by atoms with Crippen molar-refractivity contribution in [2.24, 2.45) is 0 Å². The summed E-state index contributed by atoms with van der Waals surface area (Å²) in [6.45, 7) is 2.76. The second-order valence-corrected chi connectivity index (χ2v) is 7.78. The maximum atomic E-state index is 12.2. The Bertz CT molecular complexity index is 1190. The average Bonchev–Trinajstić information content (AvgIpc) is 3.48. The summed E-state index contributed by atoms with van der Waals surface area (Å²) in [5.41, 5.74) is 5.85. The van der Waals surface area contributed by atoms with Gasteiger partial charge in [-0.25, -0.2) is 9.97 Å². The SMILES string of the molecule is Cc1ccc(CNc2nccn3c(-c4ccc(C(=O)NC5CC5)cc4)cnc23)cc1. The number of carbonyl (C=O) groups excluding carboxylic acids is 1. The van der Waals surface area contributed by atoms with Crippen molar-refractivity contribution in [3.63, 3.8) is 0 Å². The van der Waals surface area contributed by atoms with Crippen LogP contribution in [0.4, 0.5) is 5.82 Å². The number of benzene rings is 2. The van der Waals surface area contributed by atoms with E-state index in [0.717, 1.165) is 35.6 Å². The molecule has 5 rings (SSSR count). The summed E-state index contributed by atoms with van der Waals surface area (Å²) in [5, 5.41) is 6.41. The molecule has 0 bridgehead atoms. The topological polar surface area (TPSA) is 71.3 Å². The van der Waals surface area contributed by atoms with Crippen LogP contribution in [0.3, 0.4) is 0 Å². The maximum absolute atomic E-state index is 12.2. The van der Waals surface area contributed by atoms with Gasteiger partial charge in [-0.15, -0.1) is 0 Å². The van der Waals surface area contributed by atoms with E-state index in [9.17, 15) is 4.79 Å². The van der Waals surface area contributed by atoms with Gasteiger partial charge in [-0.05, 0) is 37.5 Å². The second kappa shape index (κ2) is 7.63. The van der Waals surface area contributed by atoms with Crippen LogP contribution in [-0.2, 0) is 6.54 Å². The third-order valence-corrected chi connectivity index (χ3v) is 5.36. The van der Waals surface area contributed by atoms with E-state index in [1.807, 2.05) is 41.1 Å². The molecule has 6 nitrogen and oxygen atoms in total. The van der Waals surface area contributed by atoms with Gasteiger partial charge >= 0.3 is 0 Å². The molecular weight excluding hydrogens is 374 g/mol. The molecule has 2 N–H and O–H groups in total. The number of aromatic nitrogens is 3. The lowest BCUT2D eigenvalue weighted by Crippen LogP contribution is -2.25. The highest BCUT2D eigenvalue weighted by Crippen LogP contribution is 2.25. The first-order chi connectivity index (χ1) is 14.7. The fourth-order valence-corrected chi connectivity index (χ4v) is 3.44. The molecule has 4 aromatic rings. The van der Waals surface area contributed by atoms with Crippen LogP contribution in [0.25, 0.3) is 16.9 Å². The summed E-state index contributed by atoms with van der Waals surface area (Å²) in [7, 11) is 0. The number of nitrogens with zero attached hydrogens (tertiary/aromatic N) is 3. The van der Waals surface area contributed by atoms with E-state index in [0.29, 0.717) is 18.2 Å².